The van der Waals surface area contributed by atoms with E-state index in [-0.39, 0.29) is 17.4 Å². The molecule has 0 saturated heterocycles. The Kier molecular flexibility index (Phi) is 5.13. The van der Waals surface area contributed by atoms with Crippen LogP contribution in [0.15, 0.2) is 23.1 Å². The zero-order chi connectivity index (χ0) is 13.8. The van der Waals surface area contributed by atoms with Crippen molar-refractivity contribution in [1.29, 1.82) is 0 Å². The zero-order valence-electron chi connectivity index (χ0n) is 10.7. The average molecular weight is 272 g/mol. The van der Waals surface area contributed by atoms with Crippen LogP contribution in [0.5, 0.6) is 0 Å². The monoisotopic (exact) mass is 272 g/mol. The van der Waals surface area contributed by atoms with E-state index in [1.165, 1.54) is 6.07 Å². The maximum atomic E-state index is 12.1. The number of nitrogen functional groups attached to an aromatic ring is 1. The van der Waals surface area contributed by atoms with Crippen LogP contribution in [-0.4, -0.2) is 26.7 Å². The minimum Gasteiger partial charge on any atom is -0.399 e. The van der Waals surface area contributed by atoms with Crippen molar-refractivity contribution in [1.82, 2.24) is 4.72 Å². The molecule has 1 unspecified atom stereocenters. The number of sulfonamides is 1. The van der Waals surface area contributed by atoms with E-state index in [9.17, 15) is 8.42 Å². The molecule has 0 aliphatic carbocycles. The Balaban J connectivity index is 2.83. The number of rotatable bonds is 6. The van der Waals surface area contributed by atoms with Gasteiger partial charge >= 0.3 is 0 Å². The first kappa shape index (κ1) is 14.9. The maximum Gasteiger partial charge on any atom is 0.240 e. The van der Waals surface area contributed by atoms with Crippen molar-refractivity contribution in [2.45, 2.75) is 25.2 Å². The predicted molar refractivity (Wildman–Crippen MR) is 71.6 cm³/mol. The van der Waals surface area contributed by atoms with E-state index in [1.807, 2.05) is 6.92 Å². The molecular weight excluding hydrogens is 252 g/mol. The van der Waals surface area contributed by atoms with Gasteiger partial charge in [-0.15, -0.1) is 0 Å². The largest absolute Gasteiger partial charge is 0.399 e. The van der Waals surface area contributed by atoms with Gasteiger partial charge in [-0.1, -0.05) is 13.0 Å². The van der Waals surface area contributed by atoms with Gasteiger partial charge in [-0.05, 0) is 37.0 Å². The molecule has 6 heteroatoms. The summed E-state index contributed by atoms with van der Waals surface area (Å²) in [4.78, 5) is 0.207. The smallest absolute Gasteiger partial charge is 0.240 e. The molecule has 0 heterocycles. The maximum absolute atomic E-state index is 12.1. The highest BCUT2D eigenvalue weighted by molar-refractivity contribution is 7.89. The van der Waals surface area contributed by atoms with Crippen LogP contribution in [0.3, 0.4) is 0 Å². The minimum atomic E-state index is -3.54. The summed E-state index contributed by atoms with van der Waals surface area (Å²) in [6, 6.07) is 4.80. The van der Waals surface area contributed by atoms with Gasteiger partial charge in [0.05, 0.1) is 4.90 Å². The van der Waals surface area contributed by atoms with E-state index in [0.717, 1.165) is 0 Å². The van der Waals surface area contributed by atoms with Crippen LogP contribution >= 0.6 is 0 Å². The van der Waals surface area contributed by atoms with E-state index in [4.69, 9.17) is 10.8 Å². The summed E-state index contributed by atoms with van der Waals surface area (Å²) in [5, 5.41) is 8.77. The molecule has 0 saturated carbocycles. The van der Waals surface area contributed by atoms with Gasteiger partial charge < -0.3 is 10.8 Å². The highest BCUT2D eigenvalue weighted by Crippen LogP contribution is 2.18. The first-order chi connectivity index (χ1) is 8.36. The molecule has 0 aliphatic rings. The van der Waals surface area contributed by atoms with Gasteiger partial charge in [0, 0.05) is 18.8 Å². The lowest BCUT2D eigenvalue weighted by Gasteiger charge is -2.13. The van der Waals surface area contributed by atoms with Gasteiger partial charge in [-0.25, -0.2) is 13.1 Å². The van der Waals surface area contributed by atoms with Crippen molar-refractivity contribution in [3.63, 3.8) is 0 Å². The average Bonchev–Trinajstić information content (AvgIpc) is 2.30. The lowest BCUT2D eigenvalue weighted by Crippen LogP contribution is -2.29. The molecule has 0 radical (unpaired) electrons. The Bertz CT molecular complexity index is 500. The standard InChI is InChI=1S/C12H20N2O3S/c1-9(5-6-15)8-14-18(16,17)12-7-11(13)4-3-10(12)2/h3-4,7,9,14-15H,5-6,8,13H2,1-2H3. The summed E-state index contributed by atoms with van der Waals surface area (Å²) in [6.07, 6.45) is 0.568. The fourth-order valence-corrected chi connectivity index (χ4v) is 3.00. The molecule has 18 heavy (non-hydrogen) atoms. The number of benzene rings is 1. The molecule has 0 aromatic heterocycles. The molecule has 1 aromatic rings. The van der Waals surface area contributed by atoms with Crippen molar-refractivity contribution in [3.05, 3.63) is 23.8 Å². The van der Waals surface area contributed by atoms with Crippen molar-refractivity contribution in [2.24, 2.45) is 5.92 Å². The van der Waals surface area contributed by atoms with E-state index >= 15 is 0 Å². The Morgan fingerprint density at radius 1 is 1.44 bits per heavy atom. The minimum absolute atomic E-state index is 0.0558. The SMILES string of the molecule is Cc1ccc(N)cc1S(=O)(=O)NCC(C)CCO. The van der Waals surface area contributed by atoms with Gasteiger partial charge in [0.2, 0.25) is 10.0 Å². The van der Waals surface area contributed by atoms with Crippen molar-refractivity contribution >= 4 is 15.7 Å². The zero-order valence-corrected chi connectivity index (χ0v) is 11.5. The molecule has 0 fully saturated rings. The number of aryl methyl sites for hydroxylation is 1. The first-order valence-electron chi connectivity index (χ1n) is 5.83. The molecule has 4 N–H and O–H groups in total. The van der Waals surface area contributed by atoms with Crippen LogP contribution in [0.1, 0.15) is 18.9 Å². The topological polar surface area (TPSA) is 92.4 Å². The third-order valence-electron chi connectivity index (χ3n) is 2.75. The Morgan fingerprint density at radius 3 is 2.72 bits per heavy atom. The van der Waals surface area contributed by atoms with Gasteiger partial charge in [0.25, 0.3) is 0 Å². The summed E-state index contributed by atoms with van der Waals surface area (Å²) < 4.78 is 26.7. The van der Waals surface area contributed by atoms with Gasteiger partial charge in [0.15, 0.2) is 0 Å². The summed E-state index contributed by atoms with van der Waals surface area (Å²) in [7, 11) is -3.54. The molecular formula is C12H20N2O3S. The highest BCUT2D eigenvalue weighted by Gasteiger charge is 2.17. The lowest BCUT2D eigenvalue weighted by molar-refractivity contribution is 0.263. The summed E-state index contributed by atoms with van der Waals surface area (Å²) in [5.74, 6) is 0.0890. The fraction of sp³-hybridized carbons (Fsp3) is 0.500. The number of hydrogen-bond acceptors (Lipinski definition) is 4. The fourth-order valence-electron chi connectivity index (χ4n) is 1.56. The predicted octanol–water partition coefficient (Wildman–Crippen LogP) is 0.874. The van der Waals surface area contributed by atoms with Gasteiger partial charge in [0.1, 0.15) is 0 Å². The molecule has 0 spiro atoms. The number of hydrogen-bond donors (Lipinski definition) is 3. The lowest BCUT2D eigenvalue weighted by atomic mass is 10.1. The normalized spacial score (nSPS) is 13.5. The Morgan fingerprint density at radius 2 is 2.11 bits per heavy atom. The van der Waals surface area contributed by atoms with Crippen molar-refractivity contribution in [3.8, 4) is 0 Å². The molecule has 102 valence electrons. The van der Waals surface area contributed by atoms with Crippen molar-refractivity contribution in [2.75, 3.05) is 18.9 Å². The first-order valence-corrected chi connectivity index (χ1v) is 7.32. The third-order valence-corrected chi connectivity index (χ3v) is 4.31. The van der Waals surface area contributed by atoms with Crippen LogP contribution < -0.4 is 10.5 Å². The van der Waals surface area contributed by atoms with Crippen LogP contribution in [0.2, 0.25) is 0 Å². The second-order valence-electron chi connectivity index (χ2n) is 4.49. The van der Waals surface area contributed by atoms with E-state index < -0.39 is 10.0 Å². The quantitative estimate of drug-likeness (QED) is 0.670. The summed E-state index contributed by atoms with van der Waals surface area (Å²) >= 11 is 0. The van der Waals surface area contributed by atoms with Crippen molar-refractivity contribution < 1.29 is 13.5 Å². The Hall–Kier alpha value is -1.11. The van der Waals surface area contributed by atoms with E-state index in [2.05, 4.69) is 4.72 Å². The van der Waals surface area contributed by atoms with Crippen LogP contribution in [0.25, 0.3) is 0 Å². The van der Waals surface area contributed by atoms with Crippen LogP contribution in [0.4, 0.5) is 5.69 Å². The van der Waals surface area contributed by atoms with Gasteiger partial charge in [-0.2, -0.15) is 0 Å². The molecule has 1 rings (SSSR count). The van der Waals surface area contributed by atoms with Crippen LogP contribution in [-0.2, 0) is 10.0 Å². The highest BCUT2D eigenvalue weighted by atomic mass is 32.2. The van der Waals surface area contributed by atoms with Gasteiger partial charge in [-0.3, -0.25) is 0 Å². The second-order valence-corrected chi connectivity index (χ2v) is 6.23. The third kappa shape index (κ3) is 3.97. The number of aliphatic hydroxyl groups is 1. The van der Waals surface area contributed by atoms with E-state index in [1.54, 1.807) is 19.1 Å². The number of aliphatic hydroxyl groups excluding tert-OH is 1. The van der Waals surface area contributed by atoms with E-state index in [0.29, 0.717) is 24.2 Å². The molecule has 1 atom stereocenters. The molecule has 0 bridgehead atoms. The second kappa shape index (κ2) is 6.17. The summed E-state index contributed by atoms with van der Waals surface area (Å²) in [5.41, 5.74) is 6.68. The van der Waals surface area contributed by atoms with Crippen LogP contribution in [0, 0.1) is 12.8 Å². The number of anilines is 1. The number of nitrogens with two attached hydrogens (primary N) is 1. The summed E-state index contributed by atoms with van der Waals surface area (Å²) in [6.45, 7) is 3.97. The number of nitrogens with one attached hydrogen (secondary N) is 1. The molecule has 1 aromatic carbocycles. The molecule has 0 amide bonds. The Labute approximate surface area is 108 Å². The molecule has 0 aliphatic heterocycles. The molecule has 5 nitrogen and oxygen atoms in total.